The Balaban J connectivity index is 1.51. The number of nitrogens with one attached hydrogen (secondary N) is 2. The van der Waals surface area contributed by atoms with Crippen LogP contribution in [0.5, 0.6) is 0 Å². The smallest absolute Gasteiger partial charge is 0.198 e. The van der Waals surface area contributed by atoms with Gasteiger partial charge in [0, 0.05) is 17.7 Å². The number of carbonyl (C=O) groups is 1. The van der Waals surface area contributed by atoms with Crippen molar-refractivity contribution in [1.29, 1.82) is 0 Å². The van der Waals surface area contributed by atoms with Gasteiger partial charge in [0.1, 0.15) is 11.8 Å². The van der Waals surface area contributed by atoms with E-state index in [0.29, 0.717) is 34.9 Å². The van der Waals surface area contributed by atoms with E-state index in [9.17, 15) is 9.59 Å². The van der Waals surface area contributed by atoms with Gasteiger partial charge in [-0.25, -0.2) is 0 Å². The molecule has 1 aromatic heterocycles. The van der Waals surface area contributed by atoms with Crippen molar-refractivity contribution < 1.29 is 9.21 Å². The number of hydrogen-bond donors (Lipinski definition) is 2. The van der Waals surface area contributed by atoms with Crippen molar-refractivity contribution in [3.63, 3.8) is 0 Å². The molecular weight excluding hydrogens is 436 g/mol. The van der Waals surface area contributed by atoms with E-state index < -0.39 is 6.04 Å². The molecule has 0 saturated heterocycles. The Bertz CT molecular complexity index is 1560. The van der Waals surface area contributed by atoms with E-state index in [0.717, 1.165) is 28.2 Å². The van der Waals surface area contributed by atoms with Gasteiger partial charge in [0.15, 0.2) is 11.2 Å². The summed E-state index contributed by atoms with van der Waals surface area (Å²) >= 11 is 0. The molecule has 6 rings (SSSR count). The molecule has 3 aromatic carbocycles. The summed E-state index contributed by atoms with van der Waals surface area (Å²) < 4.78 is 5.88. The minimum Gasteiger partial charge on any atom is -0.464 e. The second-order valence-electron chi connectivity index (χ2n) is 9.60. The van der Waals surface area contributed by atoms with E-state index in [2.05, 4.69) is 41.8 Å². The molecule has 2 heterocycles. The molecule has 1 aliphatic heterocycles. The fourth-order valence-electron chi connectivity index (χ4n) is 5.26. The third-order valence-electron chi connectivity index (χ3n) is 7.12. The van der Waals surface area contributed by atoms with Gasteiger partial charge in [-0.05, 0) is 56.0 Å². The zero-order valence-corrected chi connectivity index (χ0v) is 19.7. The van der Waals surface area contributed by atoms with Crippen molar-refractivity contribution in [2.75, 3.05) is 10.6 Å². The second kappa shape index (κ2) is 8.27. The van der Waals surface area contributed by atoms with E-state index in [-0.39, 0.29) is 17.1 Å². The first-order chi connectivity index (χ1) is 17.0. The molecule has 0 saturated carbocycles. The lowest BCUT2D eigenvalue weighted by Crippen LogP contribution is -2.29. The maximum atomic E-state index is 13.7. The number of anilines is 2. The summed E-state index contributed by atoms with van der Waals surface area (Å²) in [5.41, 5.74) is 7.40. The molecular formula is C30H26N2O3. The van der Waals surface area contributed by atoms with Gasteiger partial charge in [0.05, 0.1) is 28.4 Å². The van der Waals surface area contributed by atoms with E-state index in [4.69, 9.17) is 4.42 Å². The molecule has 0 bridgehead atoms. The second-order valence-corrected chi connectivity index (χ2v) is 9.60. The van der Waals surface area contributed by atoms with Crippen molar-refractivity contribution in [1.82, 2.24) is 0 Å². The molecule has 0 amide bonds. The van der Waals surface area contributed by atoms with Crippen LogP contribution in [0.15, 0.2) is 93.5 Å². The highest BCUT2D eigenvalue weighted by Crippen LogP contribution is 2.43. The van der Waals surface area contributed by atoms with Crippen molar-refractivity contribution in [3.8, 4) is 0 Å². The molecule has 1 aliphatic carbocycles. The highest BCUT2D eigenvalue weighted by atomic mass is 16.3. The van der Waals surface area contributed by atoms with Gasteiger partial charge >= 0.3 is 0 Å². The Hall–Kier alpha value is -4.12. The number of allylic oxidation sites excluding steroid dienone is 1. The molecule has 2 aliphatic rings. The topological polar surface area (TPSA) is 71.3 Å². The van der Waals surface area contributed by atoms with Gasteiger partial charge in [-0.2, -0.15) is 0 Å². The van der Waals surface area contributed by atoms with Gasteiger partial charge in [0.2, 0.25) is 0 Å². The Morgan fingerprint density at radius 2 is 1.60 bits per heavy atom. The molecule has 5 nitrogen and oxygen atoms in total. The van der Waals surface area contributed by atoms with Crippen LogP contribution in [0, 0.1) is 13.8 Å². The Morgan fingerprint density at radius 1 is 0.857 bits per heavy atom. The van der Waals surface area contributed by atoms with Crippen LogP contribution in [0.1, 0.15) is 47.1 Å². The normalized spacial score (nSPS) is 19.4. The summed E-state index contributed by atoms with van der Waals surface area (Å²) in [6.07, 6.45) is 2.60. The molecule has 174 valence electrons. The van der Waals surface area contributed by atoms with Crippen molar-refractivity contribution in [2.24, 2.45) is 0 Å². The first-order valence-corrected chi connectivity index (χ1v) is 12.0. The maximum absolute atomic E-state index is 13.7. The van der Waals surface area contributed by atoms with E-state index >= 15 is 0 Å². The Kier molecular flexibility index (Phi) is 5.06. The number of hydrogen-bond acceptors (Lipinski definition) is 5. The van der Waals surface area contributed by atoms with Crippen LogP contribution in [0.2, 0.25) is 0 Å². The number of para-hydroxylation sites is 2. The van der Waals surface area contributed by atoms with Crippen LogP contribution in [-0.2, 0) is 4.79 Å². The average molecular weight is 463 g/mol. The van der Waals surface area contributed by atoms with Gasteiger partial charge in [-0.15, -0.1) is 0 Å². The minimum absolute atomic E-state index is 0.0402. The van der Waals surface area contributed by atoms with Crippen LogP contribution < -0.4 is 16.1 Å². The van der Waals surface area contributed by atoms with Crippen molar-refractivity contribution in [3.05, 3.63) is 117 Å². The number of aryl methyl sites for hydroxylation is 2. The molecule has 2 atom stereocenters. The van der Waals surface area contributed by atoms with Crippen molar-refractivity contribution >= 4 is 28.1 Å². The third kappa shape index (κ3) is 3.73. The summed E-state index contributed by atoms with van der Waals surface area (Å²) in [6.45, 7) is 4.01. The monoisotopic (exact) mass is 462 g/mol. The van der Waals surface area contributed by atoms with Gasteiger partial charge in [-0.1, -0.05) is 53.6 Å². The summed E-state index contributed by atoms with van der Waals surface area (Å²) in [7, 11) is 0. The fourth-order valence-corrected chi connectivity index (χ4v) is 5.26. The van der Waals surface area contributed by atoms with Gasteiger partial charge < -0.3 is 15.1 Å². The first-order valence-electron chi connectivity index (χ1n) is 12.0. The lowest BCUT2D eigenvalue weighted by Gasteiger charge is -2.29. The Labute approximate surface area is 203 Å². The number of benzene rings is 3. The first kappa shape index (κ1) is 21.4. The van der Waals surface area contributed by atoms with Crippen LogP contribution >= 0.6 is 0 Å². The summed E-state index contributed by atoms with van der Waals surface area (Å²) in [4.78, 5) is 27.4. The molecule has 4 aromatic rings. The van der Waals surface area contributed by atoms with E-state index in [1.54, 1.807) is 0 Å². The zero-order chi connectivity index (χ0) is 24.1. The van der Waals surface area contributed by atoms with Gasteiger partial charge in [0.25, 0.3) is 0 Å². The molecule has 5 heteroatoms. The van der Waals surface area contributed by atoms with Crippen LogP contribution in [0.3, 0.4) is 0 Å². The largest absolute Gasteiger partial charge is 0.464 e. The lowest BCUT2D eigenvalue weighted by atomic mass is 9.78. The molecule has 0 radical (unpaired) electrons. The molecule has 0 spiro atoms. The Morgan fingerprint density at radius 3 is 2.40 bits per heavy atom. The highest BCUT2D eigenvalue weighted by molar-refractivity contribution is 6.01. The SMILES string of the molecule is Cc1ccc([C@@H]2CC(=O)C3=C(C2)Nc2ccccc2N[C@@H]3c2coc3ccc(C)cc3c2=O)cc1. The summed E-state index contributed by atoms with van der Waals surface area (Å²) in [5.74, 6) is 0.120. The molecule has 2 N–H and O–H groups in total. The van der Waals surface area contributed by atoms with Gasteiger partial charge in [-0.3, -0.25) is 9.59 Å². The summed E-state index contributed by atoms with van der Waals surface area (Å²) in [6, 6.07) is 21.2. The van der Waals surface area contributed by atoms with Crippen LogP contribution in [0.25, 0.3) is 11.0 Å². The number of fused-ring (bicyclic) bond motifs is 2. The van der Waals surface area contributed by atoms with Crippen molar-refractivity contribution in [2.45, 2.75) is 38.6 Å². The molecule has 0 fully saturated rings. The number of carbonyl (C=O) groups excluding carboxylic acids is 1. The predicted octanol–water partition coefficient (Wildman–Crippen LogP) is 6.39. The number of ketones is 1. The maximum Gasteiger partial charge on any atom is 0.198 e. The lowest BCUT2D eigenvalue weighted by molar-refractivity contribution is -0.116. The number of Topliss-reactive ketones (excluding diaryl/α,β-unsaturated/α-hetero) is 1. The van der Waals surface area contributed by atoms with E-state index in [1.807, 2.05) is 49.4 Å². The summed E-state index contributed by atoms with van der Waals surface area (Å²) in [5, 5.41) is 7.54. The zero-order valence-electron chi connectivity index (χ0n) is 19.7. The van der Waals surface area contributed by atoms with E-state index in [1.165, 1.54) is 11.8 Å². The highest BCUT2D eigenvalue weighted by Gasteiger charge is 2.37. The van der Waals surface area contributed by atoms with Crippen LogP contribution in [-0.4, -0.2) is 5.78 Å². The fraction of sp³-hybridized carbons (Fsp3) is 0.200. The van der Waals surface area contributed by atoms with Crippen LogP contribution in [0.4, 0.5) is 11.4 Å². The molecule has 0 unspecified atom stereocenters. The quantitative estimate of drug-likeness (QED) is 0.361. The predicted molar refractivity (Wildman–Crippen MR) is 139 cm³/mol. The average Bonchev–Trinajstić information content (AvgIpc) is 3.02. The third-order valence-corrected chi connectivity index (χ3v) is 7.12. The molecule has 35 heavy (non-hydrogen) atoms. The standard InChI is InChI=1S/C30H26N2O3/c1-17-7-10-19(11-8-17)20-14-25-28(26(33)15-20)29(32-24-6-4-3-5-23(24)31-25)22-16-35-27-12-9-18(2)13-21(27)30(22)34/h3-13,16,20,29,31-32H,14-15H2,1-2H3/t20-,29+/m0/s1. The minimum atomic E-state index is -0.603. The number of rotatable bonds is 2.